The van der Waals surface area contributed by atoms with Crippen LogP contribution in [0.4, 0.5) is 0 Å². The molecule has 1 heterocycles. The van der Waals surface area contributed by atoms with Crippen molar-refractivity contribution in [3.05, 3.63) is 0 Å². The minimum Gasteiger partial charge on any atom is -0.325 e. The van der Waals surface area contributed by atoms with Crippen molar-refractivity contribution >= 4 is 23.2 Å². The number of rotatable bonds is 0. The number of hydrogen-bond donors (Lipinski definition) is 2. The van der Waals surface area contributed by atoms with Crippen LogP contribution >= 0.6 is 23.2 Å². The molecule has 1 aliphatic rings. The molecule has 0 saturated carbocycles. The summed E-state index contributed by atoms with van der Waals surface area (Å²) in [7, 11) is 0. The van der Waals surface area contributed by atoms with Crippen LogP contribution < -0.4 is 5.73 Å². The summed E-state index contributed by atoms with van der Waals surface area (Å²) in [4.78, 5) is 0. The third-order valence-corrected chi connectivity index (χ3v) is 2.46. The highest BCUT2D eigenvalue weighted by Crippen LogP contribution is 2.17. The van der Waals surface area contributed by atoms with Crippen molar-refractivity contribution in [2.75, 3.05) is 13.1 Å². The van der Waals surface area contributed by atoms with Crippen LogP contribution in [0.2, 0.25) is 0 Å². The maximum Gasteiger partial charge on any atom is 0.0652 e. The molecule has 0 spiro atoms. The van der Waals surface area contributed by atoms with Gasteiger partial charge in [-0.05, 0) is 0 Å². The minimum atomic E-state index is -0.249. The molecule has 10 heavy (non-hydrogen) atoms. The highest BCUT2D eigenvalue weighted by molar-refractivity contribution is 6.25. The van der Waals surface area contributed by atoms with Gasteiger partial charge in [-0.2, -0.15) is 5.06 Å². The second-order valence-electron chi connectivity index (χ2n) is 2.48. The van der Waals surface area contributed by atoms with Crippen LogP contribution in [-0.2, 0) is 0 Å². The molecular weight excluding hydrogens is 175 g/mol. The van der Waals surface area contributed by atoms with Crippen LogP contribution in [0.25, 0.3) is 0 Å². The fraction of sp³-hybridized carbons (Fsp3) is 1.00. The van der Waals surface area contributed by atoms with E-state index in [-0.39, 0.29) is 16.8 Å². The Morgan fingerprint density at radius 2 is 1.70 bits per heavy atom. The van der Waals surface area contributed by atoms with Crippen molar-refractivity contribution < 1.29 is 5.21 Å². The molecule has 3 N–H and O–H groups in total. The number of nitrogens with two attached hydrogens (primary N) is 1. The van der Waals surface area contributed by atoms with Crippen molar-refractivity contribution in [2.24, 2.45) is 5.73 Å². The summed E-state index contributed by atoms with van der Waals surface area (Å²) < 4.78 is 0. The third kappa shape index (κ3) is 1.74. The minimum absolute atomic E-state index is 0.216. The first-order valence-corrected chi connectivity index (χ1v) is 3.96. The SMILES string of the molecule is NC1C(Cl)CN(O)CC1Cl. The monoisotopic (exact) mass is 184 g/mol. The molecule has 1 aliphatic heterocycles. The molecule has 2 unspecified atom stereocenters. The van der Waals surface area contributed by atoms with Crippen LogP contribution in [0.3, 0.4) is 0 Å². The van der Waals surface area contributed by atoms with E-state index < -0.39 is 0 Å². The average molecular weight is 185 g/mol. The smallest absolute Gasteiger partial charge is 0.0652 e. The predicted molar refractivity (Wildman–Crippen MR) is 40.6 cm³/mol. The summed E-state index contributed by atoms with van der Waals surface area (Å²) in [5, 5.41) is 9.57. The maximum absolute atomic E-state index is 8.98. The Kier molecular flexibility index (Phi) is 2.77. The second-order valence-corrected chi connectivity index (χ2v) is 3.60. The number of halogens is 2. The maximum atomic E-state index is 8.98. The highest BCUT2D eigenvalue weighted by atomic mass is 35.5. The van der Waals surface area contributed by atoms with Gasteiger partial charge in [0.05, 0.1) is 10.8 Å². The van der Waals surface area contributed by atoms with Gasteiger partial charge < -0.3 is 10.9 Å². The van der Waals surface area contributed by atoms with Gasteiger partial charge in [0, 0.05) is 19.1 Å². The van der Waals surface area contributed by atoms with Gasteiger partial charge in [-0.3, -0.25) is 0 Å². The Bertz CT molecular complexity index is 112. The van der Waals surface area contributed by atoms with Gasteiger partial charge in [-0.15, -0.1) is 23.2 Å². The van der Waals surface area contributed by atoms with Gasteiger partial charge >= 0.3 is 0 Å². The Labute approximate surface area is 69.6 Å². The lowest BCUT2D eigenvalue weighted by Crippen LogP contribution is -2.54. The molecule has 0 aromatic carbocycles. The first-order valence-electron chi connectivity index (χ1n) is 3.09. The van der Waals surface area contributed by atoms with Crippen LogP contribution in [-0.4, -0.2) is 40.2 Å². The van der Waals surface area contributed by atoms with Crippen LogP contribution in [0.15, 0.2) is 0 Å². The molecule has 60 valence electrons. The summed E-state index contributed by atoms with van der Waals surface area (Å²) in [6, 6.07) is -0.216. The van der Waals surface area contributed by atoms with Crippen LogP contribution in [0, 0.1) is 0 Å². The van der Waals surface area contributed by atoms with E-state index in [1.165, 1.54) is 0 Å². The zero-order valence-electron chi connectivity index (χ0n) is 5.37. The molecule has 0 aromatic rings. The fourth-order valence-corrected chi connectivity index (χ4v) is 1.69. The lowest BCUT2D eigenvalue weighted by atomic mass is 10.1. The molecule has 5 heteroatoms. The molecule has 1 fully saturated rings. The average Bonchev–Trinajstić information content (AvgIpc) is 1.82. The van der Waals surface area contributed by atoms with E-state index in [1.807, 2.05) is 0 Å². The first-order chi connectivity index (χ1) is 4.61. The fourth-order valence-electron chi connectivity index (χ4n) is 0.947. The Morgan fingerprint density at radius 3 is 2.10 bits per heavy atom. The Hall–Kier alpha value is 0.460. The molecular formula is C5H10Cl2N2O. The van der Waals surface area contributed by atoms with E-state index in [0.717, 1.165) is 5.06 Å². The summed E-state index contributed by atoms with van der Waals surface area (Å²) in [6.07, 6.45) is 0. The van der Waals surface area contributed by atoms with Crippen molar-refractivity contribution in [3.63, 3.8) is 0 Å². The lowest BCUT2D eigenvalue weighted by molar-refractivity contribution is -0.103. The Balaban J connectivity index is 2.49. The number of nitrogens with zero attached hydrogens (tertiary/aromatic N) is 1. The molecule has 0 aromatic heterocycles. The predicted octanol–water partition coefficient (Wildman–Crippen LogP) is 0.233. The van der Waals surface area contributed by atoms with E-state index in [1.54, 1.807) is 0 Å². The first kappa shape index (κ1) is 8.56. The summed E-state index contributed by atoms with van der Waals surface area (Å²) >= 11 is 11.5. The number of hydroxylamine groups is 2. The zero-order valence-corrected chi connectivity index (χ0v) is 6.89. The normalized spacial score (nSPS) is 43.8. The quantitative estimate of drug-likeness (QED) is 0.531. The number of alkyl halides is 2. The van der Waals surface area contributed by atoms with Crippen molar-refractivity contribution in [1.82, 2.24) is 5.06 Å². The molecule has 0 bridgehead atoms. The van der Waals surface area contributed by atoms with Gasteiger partial charge in [-0.1, -0.05) is 0 Å². The van der Waals surface area contributed by atoms with Gasteiger partial charge in [0.15, 0.2) is 0 Å². The van der Waals surface area contributed by atoms with E-state index >= 15 is 0 Å². The van der Waals surface area contributed by atoms with Crippen molar-refractivity contribution in [2.45, 2.75) is 16.8 Å². The Morgan fingerprint density at radius 1 is 1.30 bits per heavy atom. The lowest BCUT2D eigenvalue weighted by Gasteiger charge is -2.33. The largest absolute Gasteiger partial charge is 0.325 e. The molecule has 0 aliphatic carbocycles. The molecule has 0 radical (unpaired) electrons. The number of piperidine rings is 1. The molecule has 1 saturated heterocycles. The van der Waals surface area contributed by atoms with Crippen LogP contribution in [0.1, 0.15) is 0 Å². The third-order valence-electron chi connectivity index (χ3n) is 1.61. The van der Waals surface area contributed by atoms with E-state index in [2.05, 4.69) is 0 Å². The number of hydrogen-bond acceptors (Lipinski definition) is 3. The summed E-state index contributed by atoms with van der Waals surface area (Å²) in [6.45, 7) is 0.790. The van der Waals surface area contributed by atoms with Crippen LogP contribution in [0.5, 0.6) is 0 Å². The topological polar surface area (TPSA) is 49.5 Å². The molecule has 3 nitrogen and oxygen atoms in total. The van der Waals surface area contributed by atoms with Gasteiger partial charge in [-0.25, -0.2) is 0 Å². The van der Waals surface area contributed by atoms with E-state index in [4.69, 9.17) is 34.1 Å². The van der Waals surface area contributed by atoms with E-state index in [9.17, 15) is 0 Å². The van der Waals surface area contributed by atoms with Gasteiger partial charge in [0.1, 0.15) is 0 Å². The van der Waals surface area contributed by atoms with Gasteiger partial charge in [0.25, 0.3) is 0 Å². The summed E-state index contributed by atoms with van der Waals surface area (Å²) in [5.74, 6) is 0. The summed E-state index contributed by atoms with van der Waals surface area (Å²) in [5.41, 5.74) is 5.58. The van der Waals surface area contributed by atoms with Crippen molar-refractivity contribution in [3.8, 4) is 0 Å². The van der Waals surface area contributed by atoms with Crippen molar-refractivity contribution in [1.29, 1.82) is 0 Å². The molecule has 1 rings (SSSR count). The highest BCUT2D eigenvalue weighted by Gasteiger charge is 2.31. The second kappa shape index (κ2) is 3.24. The van der Waals surface area contributed by atoms with E-state index in [0.29, 0.717) is 13.1 Å². The zero-order chi connectivity index (χ0) is 7.72. The molecule has 2 atom stereocenters. The molecule has 0 amide bonds. The standard InChI is InChI=1S/C5H10Cl2N2O/c6-3-1-9(10)2-4(7)5(3)8/h3-5,10H,1-2,8H2. The van der Waals surface area contributed by atoms with Gasteiger partial charge in [0.2, 0.25) is 0 Å².